The van der Waals surface area contributed by atoms with Gasteiger partial charge in [-0.1, -0.05) is 28.9 Å². The van der Waals surface area contributed by atoms with Gasteiger partial charge in [0.1, 0.15) is 5.75 Å². The second-order valence-electron chi connectivity index (χ2n) is 3.42. The molecule has 0 radical (unpaired) electrons. The Bertz CT molecular complexity index is 394. The Morgan fingerprint density at radius 3 is 2.71 bits per heavy atom. The highest BCUT2D eigenvalue weighted by Gasteiger charge is 2.15. The van der Waals surface area contributed by atoms with Crippen LogP contribution in [0.5, 0.6) is 5.75 Å². The van der Waals surface area contributed by atoms with Crippen molar-refractivity contribution in [2.45, 2.75) is 26.4 Å². The quantitative estimate of drug-likeness (QED) is 0.590. The molecule has 0 bridgehead atoms. The van der Waals surface area contributed by atoms with E-state index < -0.39 is 6.61 Å². The Morgan fingerprint density at radius 2 is 2.18 bits per heavy atom. The van der Waals surface area contributed by atoms with Crippen LogP contribution in [0.1, 0.15) is 29.3 Å². The molecule has 0 amide bonds. The second kappa shape index (κ2) is 6.69. The van der Waals surface area contributed by atoms with Gasteiger partial charge in [-0.2, -0.15) is 8.78 Å². The lowest BCUT2D eigenvalue weighted by Gasteiger charge is -2.11. The number of hydrogen-bond donors (Lipinski definition) is 0. The van der Waals surface area contributed by atoms with Gasteiger partial charge in [-0.3, -0.25) is 4.79 Å². The number of rotatable bonds is 6. The summed E-state index contributed by atoms with van der Waals surface area (Å²) in [6, 6.07) is 4.72. The first-order valence-corrected chi connectivity index (χ1v) is 6.37. The Morgan fingerprint density at radius 1 is 1.47 bits per heavy atom. The van der Waals surface area contributed by atoms with Crippen molar-refractivity contribution in [3.05, 3.63) is 29.3 Å². The van der Waals surface area contributed by atoms with Crippen molar-refractivity contribution >= 4 is 21.7 Å². The lowest BCUT2D eigenvalue weighted by Crippen LogP contribution is -2.09. The van der Waals surface area contributed by atoms with Gasteiger partial charge < -0.3 is 4.74 Å². The summed E-state index contributed by atoms with van der Waals surface area (Å²) in [6.45, 7) is -0.986. The molecule has 0 aliphatic rings. The first-order chi connectivity index (χ1) is 8.08. The van der Waals surface area contributed by atoms with Gasteiger partial charge in [0.15, 0.2) is 5.78 Å². The molecule has 0 aliphatic carbocycles. The van der Waals surface area contributed by atoms with Crippen molar-refractivity contribution in [1.82, 2.24) is 0 Å². The number of carbonyl (C=O) groups is 1. The number of benzene rings is 1. The largest absolute Gasteiger partial charge is 0.434 e. The van der Waals surface area contributed by atoms with Crippen molar-refractivity contribution < 1.29 is 18.3 Å². The minimum absolute atomic E-state index is 0.0526. The van der Waals surface area contributed by atoms with E-state index in [9.17, 15) is 13.6 Å². The summed E-state index contributed by atoms with van der Waals surface area (Å²) in [6.07, 6.45) is 0.996. The van der Waals surface area contributed by atoms with Gasteiger partial charge >= 0.3 is 6.61 Å². The molecular weight excluding hydrogens is 294 g/mol. The molecule has 0 aromatic heterocycles. The molecule has 0 atom stereocenters. The molecule has 0 saturated heterocycles. The maximum absolute atomic E-state index is 12.2. The van der Waals surface area contributed by atoms with Crippen molar-refractivity contribution in [2.75, 3.05) is 5.33 Å². The first-order valence-electron chi connectivity index (χ1n) is 5.25. The minimum atomic E-state index is -2.92. The fourth-order valence-electron chi connectivity index (χ4n) is 1.43. The number of Topliss-reactive ketones (excluding diaryl/α,β-unsaturated/α-hetero) is 1. The van der Waals surface area contributed by atoms with Crippen LogP contribution in [-0.4, -0.2) is 17.7 Å². The average Bonchev–Trinajstić information content (AvgIpc) is 2.29. The van der Waals surface area contributed by atoms with E-state index in [1.165, 1.54) is 6.07 Å². The Labute approximate surface area is 107 Å². The molecular formula is C12H13BrF2O2. The highest BCUT2D eigenvalue weighted by molar-refractivity contribution is 9.09. The number of aryl methyl sites for hydroxylation is 1. The molecule has 1 rings (SSSR count). The molecule has 0 heterocycles. The number of ether oxygens (including phenoxy) is 1. The molecule has 1 aromatic carbocycles. The third kappa shape index (κ3) is 4.07. The predicted octanol–water partition coefficient (Wildman–Crippen LogP) is 3.82. The maximum atomic E-state index is 12.2. The Hall–Kier alpha value is -0.970. The van der Waals surface area contributed by atoms with Crippen LogP contribution in [0.15, 0.2) is 18.2 Å². The summed E-state index contributed by atoms with van der Waals surface area (Å²) in [7, 11) is 0. The number of halogens is 3. The molecule has 2 nitrogen and oxygen atoms in total. The smallest absolute Gasteiger partial charge is 0.387 e. The molecule has 0 unspecified atom stereocenters. The Balaban J connectivity index is 3.06. The van der Waals surface area contributed by atoms with E-state index in [0.717, 1.165) is 12.0 Å². The highest BCUT2D eigenvalue weighted by atomic mass is 79.9. The summed E-state index contributed by atoms with van der Waals surface area (Å²) in [5.41, 5.74) is 1.15. The third-order valence-corrected chi connectivity index (χ3v) is 2.69. The number of hydrogen-bond acceptors (Lipinski definition) is 2. The normalized spacial score (nSPS) is 10.6. The lowest BCUT2D eigenvalue weighted by atomic mass is 10.0. The second-order valence-corrected chi connectivity index (χ2v) is 4.22. The summed E-state index contributed by atoms with van der Waals surface area (Å²) in [4.78, 5) is 11.8. The number of ketones is 1. The summed E-state index contributed by atoms with van der Waals surface area (Å²) >= 11 is 3.15. The monoisotopic (exact) mass is 306 g/mol. The van der Waals surface area contributed by atoms with Crippen LogP contribution in [0.25, 0.3) is 0 Å². The van der Waals surface area contributed by atoms with Crippen molar-refractivity contribution in [2.24, 2.45) is 0 Å². The van der Waals surface area contributed by atoms with E-state index in [0.29, 0.717) is 5.33 Å². The zero-order chi connectivity index (χ0) is 12.8. The van der Waals surface area contributed by atoms with Crippen LogP contribution < -0.4 is 4.74 Å². The van der Waals surface area contributed by atoms with Crippen LogP contribution in [0.3, 0.4) is 0 Å². The van der Waals surface area contributed by atoms with E-state index in [2.05, 4.69) is 20.7 Å². The summed E-state index contributed by atoms with van der Waals surface area (Å²) in [5, 5.41) is 0.496. The van der Waals surface area contributed by atoms with Gasteiger partial charge in [0.05, 0.1) is 5.56 Å². The number of alkyl halides is 3. The molecule has 17 heavy (non-hydrogen) atoms. The van der Waals surface area contributed by atoms with Crippen LogP contribution in [0.2, 0.25) is 0 Å². The van der Waals surface area contributed by atoms with E-state index in [1.807, 2.05) is 6.92 Å². The maximum Gasteiger partial charge on any atom is 0.387 e. The lowest BCUT2D eigenvalue weighted by molar-refractivity contribution is -0.0501. The first kappa shape index (κ1) is 14.1. The van der Waals surface area contributed by atoms with Crippen LogP contribution >= 0.6 is 15.9 Å². The molecule has 0 aliphatic heterocycles. The van der Waals surface area contributed by atoms with Gasteiger partial charge in [0, 0.05) is 11.8 Å². The minimum Gasteiger partial charge on any atom is -0.434 e. The SMILES string of the molecule is CCc1ccc(OC(F)F)c(C(=O)CCBr)c1. The zero-order valence-electron chi connectivity index (χ0n) is 9.38. The third-order valence-electron chi connectivity index (χ3n) is 2.29. The fourth-order valence-corrected chi connectivity index (χ4v) is 1.79. The van der Waals surface area contributed by atoms with Gasteiger partial charge in [-0.15, -0.1) is 0 Å². The molecule has 94 valence electrons. The van der Waals surface area contributed by atoms with E-state index in [4.69, 9.17) is 0 Å². The summed E-state index contributed by atoms with van der Waals surface area (Å²) in [5.74, 6) is -0.254. The average molecular weight is 307 g/mol. The van der Waals surface area contributed by atoms with E-state index >= 15 is 0 Å². The van der Waals surface area contributed by atoms with E-state index in [1.54, 1.807) is 12.1 Å². The van der Waals surface area contributed by atoms with Gasteiger partial charge in [-0.05, 0) is 24.1 Å². The molecule has 1 aromatic rings. The van der Waals surface area contributed by atoms with Crippen molar-refractivity contribution in [3.63, 3.8) is 0 Å². The predicted molar refractivity (Wildman–Crippen MR) is 65.2 cm³/mol. The van der Waals surface area contributed by atoms with Crippen LogP contribution in [0.4, 0.5) is 8.78 Å². The van der Waals surface area contributed by atoms with Gasteiger partial charge in [0.25, 0.3) is 0 Å². The topological polar surface area (TPSA) is 26.3 Å². The van der Waals surface area contributed by atoms with Gasteiger partial charge in [0.2, 0.25) is 0 Å². The van der Waals surface area contributed by atoms with Crippen molar-refractivity contribution in [1.29, 1.82) is 0 Å². The van der Waals surface area contributed by atoms with E-state index in [-0.39, 0.29) is 23.5 Å². The molecule has 0 N–H and O–H groups in total. The summed E-state index contributed by atoms with van der Waals surface area (Å²) < 4.78 is 28.7. The number of carbonyl (C=O) groups excluding carboxylic acids is 1. The molecule has 0 fully saturated rings. The Kier molecular flexibility index (Phi) is 5.55. The highest BCUT2D eigenvalue weighted by Crippen LogP contribution is 2.24. The molecule has 0 saturated carbocycles. The standard InChI is InChI=1S/C12H13BrF2O2/c1-2-8-3-4-11(17-12(14)15)9(7-8)10(16)5-6-13/h3-4,7,12H,2,5-6H2,1H3. The molecule has 5 heteroatoms. The fraction of sp³-hybridized carbons (Fsp3) is 0.417. The van der Waals surface area contributed by atoms with Crippen LogP contribution in [0, 0.1) is 0 Å². The van der Waals surface area contributed by atoms with Gasteiger partial charge in [-0.25, -0.2) is 0 Å². The van der Waals surface area contributed by atoms with Crippen molar-refractivity contribution in [3.8, 4) is 5.75 Å². The zero-order valence-corrected chi connectivity index (χ0v) is 11.0. The molecule has 0 spiro atoms. The van der Waals surface area contributed by atoms with Crippen LogP contribution in [-0.2, 0) is 6.42 Å².